The van der Waals surface area contributed by atoms with Gasteiger partial charge in [-0.1, -0.05) is 6.07 Å². The number of ether oxygens (including phenoxy) is 1. The van der Waals surface area contributed by atoms with Crippen LogP contribution in [0.1, 0.15) is 40.9 Å². The molecule has 0 radical (unpaired) electrons. The number of nitrogens with zero attached hydrogens (tertiary/aromatic N) is 2. The smallest absolute Gasteiger partial charge is 0.259 e. The number of rotatable bonds is 4. The summed E-state index contributed by atoms with van der Waals surface area (Å²) < 4.78 is 56.5. The van der Waals surface area contributed by atoms with E-state index in [4.69, 9.17) is 9.88 Å². The van der Waals surface area contributed by atoms with Crippen LogP contribution in [-0.2, 0) is 27.8 Å². The minimum absolute atomic E-state index is 0.0798. The Balaban J connectivity index is 1.68. The highest BCUT2D eigenvalue weighted by atomic mass is 32.2. The second-order valence-electron chi connectivity index (χ2n) is 7.99. The molecule has 11 heteroatoms. The Morgan fingerprint density at radius 1 is 1.22 bits per heavy atom. The number of sulfonamides is 1. The first-order valence-electron chi connectivity index (χ1n) is 10.3. The zero-order valence-corrected chi connectivity index (χ0v) is 18.1. The SMILES string of the molecule is NS(=O)(=O)c1cccc(NC(=O)c2cc3c(nc2N2CCCC(F)(F)CC2)CCOC3)c1. The number of anilines is 2. The van der Waals surface area contributed by atoms with E-state index in [9.17, 15) is 22.0 Å². The third-order valence-corrected chi connectivity index (χ3v) is 6.51. The number of halogens is 2. The van der Waals surface area contributed by atoms with Crippen molar-refractivity contribution in [3.8, 4) is 0 Å². The summed E-state index contributed by atoms with van der Waals surface area (Å²) in [5.41, 5.74) is 2.02. The van der Waals surface area contributed by atoms with Gasteiger partial charge in [0, 0.05) is 43.6 Å². The second kappa shape index (κ2) is 8.72. The van der Waals surface area contributed by atoms with Crippen molar-refractivity contribution in [2.24, 2.45) is 5.14 Å². The summed E-state index contributed by atoms with van der Waals surface area (Å²) >= 11 is 0. The van der Waals surface area contributed by atoms with Crippen molar-refractivity contribution in [2.45, 2.75) is 43.1 Å². The van der Waals surface area contributed by atoms with Gasteiger partial charge in [-0.15, -0.1) is 0 Å². The molecule has 0 spiro atoms. The summed E-state index contributed by atoms with van der Waals surface area (Å²) in [6.45, 7) is 1.25. The molecule has 0 saturated carbocycles. The van der Waals surface area contributed by atoms with Gasteiger partial charge in [-0.05, 0) is 30.7 Å². The summed E-state index contributed by atoms with van der Waals surface area (Å²) in [6, 6.07) is 7.26. The molecule has 1 aromatic heterocycles. The molecule has 172 valence electrons. The number of alkyl halides is 2. The summed E-state index contributed by atoms with van der Waals surface area (Å²) in [5.74, 6) is -2.92. The van der Waals surface area contributed by atoms with E-state index in [1.54, 1.807) is 11.0 Å². The molecule has 0 bridgehead atoms. The Labute approximate surface area is 184 Å². The van der Waals surface area contributed by atoms with Crippen molar-refractivity contribution in [1.82, 2.24) is 4.98 Å². The Kier molecular flexibility index (Phi) is 6.15. The molecule has 2 aromatic rings. The zero-order chi connectivity index (χ0) is 22.9. The van der Waals surface area contributed by atoms with Gasteiger partial charge in [0.15, 0.2) is 0 Å². The van der Waals surface area contributed by atoms with Gasteiger partial charge in [0.25, 0.3) is 5.91 Å². The predicted octanol–water partition coefficient (Wildman–Crippen LogP) is 2.68. The lowest BCUT2D eigenvalue weighted by atomic mass is 10.1. The average Bonchev–Trinajstić information content (AvgIpc) is 2.92. The van der Waals surface area contributed by atoms with Crippen LogP contribution in [0.3, 0.4) is 0 Å². The van der Waals surface area contributed by atoms with E-state index in [0.29, 0.717) is 32.0 Å². The van der Waals surface area contributed by atoms with E-state index in [0.717, 1.165) is 11.3 Å². The van der Waals surface area contributed by atoms with Gasteiger partial charge in [0.05, 0.1) is 29.4 Å². The number of benzene rings is 1. The normalized spacial score (nSPS) is 18.5. The number of hydrogen-bond acceptors (Lipinski definition) is 6. The van der Waals surface area contributed by atoms with Crippen LogP contribution in [0.15, 0.2) is 35.2 Å². The van der Waals surface area contributed by atoms with Gasteiger partial charge >= 0.3 is 0 Å². The summed E-state index contributed by atoms with van der Waals surface area (Å²) in [5, 5.41) is 7.84. The lowest BCUT2D eigenvalue weighted by Crippen LogP contribution is -2.30. The van der Waals surface area contributed by atoms with Gasteiger partial charge < -0.3 is 15.0 Å². The van der Waals surface area contributed by atoms with Crippen LogP contribution in [0.2, 0.25) is 0 Å². The van der Waals surface area contributed by atoms with E-state index >= 15 is 0 Å². The second-order valence-corrected chi connectivity index (χ2v) is 9.55. The fourth-order valence-electron chi connectivity index (χ4n) is 3.91. The molecule has 2 aliphatic rings. The third-order valence-electron chi connectivity index (χ3n) is 5.59. The van der Waals surface area contributed by atoms with Gasteiger partial charge in [0.2, 0.25) is 15.9 Å². The fraction of sp³-hybridized carbons (Fsp3) is 0.429. The number of nitrogens with one attached hydrogen (secondary N) is 1. The minimum Gasteiger partial charge on any atom is -0.376 e. The molecular weight excluding hydrogens is 442 g/mol. The Bertz CT molecular complexity index is 1140. The van der Waals surface area contributed by atoms with Crippen molar-refractivity contribution in [1.29, 1.82) is 0 Å². The first-order valence-corrected chi connectivity index (χ1v) is 11.8. The highest BCUT2D eigenvalue weighted by Crippen LogP contribution is 2.32. The maximum Gasteiger partial charge on any atom is 0.259 e. The van der Waals surface area contributed by atoms with Crippen LogP contribution in [0.4, 0.5) is 20.3 Å². The number of pyridine rings is 1. The first-order chi connectivity index (χ1) is 15.1. The molecule has 0 atom stereocenters. The largest absolute Gasteiger partial charge is 0.376 e. The summed E-state index contributed by atoms with van der Waals surface area (Å²) in [6.07, 6.45) is 0.341. The van der Waals surface area contributed by atoms with Crippen LogP contribution >= 0.6 is 0 Å². The number of hydrogen-bond donors (Lipinski definition) is 2. The number of amides is 1. The number of carbonyl (C=O) groups is 1. The third kappa shape index (κ3) is 5.05. The van der Waals surface area contributed by atoms with Crippen LogP contribution in [0.25, 0.3) is 0 Å². The molecule has 1 fully saturated rings. The molecule has 1 saturated heterocycles. The van der Waals surface area contributed by atoms with Crippen molar-refractivity contribution >= 4 is 27.4 Å². The Hall–Kier alpha value is -2.63. The standard InChI is InChI=1S/C21H24F2N4O4S/c22-21(23)6-2-8-27(9-7-21)19-17(11-14-13-31-10-5-18(14)26-19)20(28)25-15-3-1-4-16(12-15)32(24,29)30/h1,3-4,11-12H,2,5-10,13H2,(H,25,28)(H2,24,29,30). The molecule has 3 N–H and O–H groups in total. The molecular formula is C21H24F2N4O4S. The number of aromatic nitrogens is 1. The van der Waals surface area contributed by atoms with Crippen LogP contribution in [0.5, 0.6) is 0 Å². The minimum atomic E-state index is -3.94. The summed E-state index contributed by atoms with van der Waals surface area (Å²) in [4.78, 5) is 19.5. The van der Waals surface area contributed by atoms with E-state index in [2.05, 4.69) is 10.3 Å². The zero-order valence-electron chi connectivity index (χ0n) is 17.3. The molecule has 0 unspecified atom stereocenters. The van der Waals surface area contributed by atoms with E-state index in [1.807, 2.05) is 0 Å². The van der Waals surface area contributed by atoms with Gasteiger partial charge in [-0.25, -0.2) is 27.3 Å². The summed E-state index contributed by atoms with van der Waals surface area (Å²) in [7, 11) is -3.94. The van der Waals surface area contributed by atoms with Crippen LogP contribution in [-0.4, -0.2) is 44.9 Å². The van der Waals surface area contributed by atoms with E-state index < -0.39 is 21.9 Å². The highest BCUT2D eigenvalue weighted by Gasteiger charge is 2.33. The van der Waals surface area contributed by atoms with Crippen molar-refractivity contribution in [2.75, 3.05) is 29.9 Å². The van der Waals surface area contributed by atoms with Gasteiger partial charge in [-0.3, -0.25) is 4.79 Å². The van der Waals surface area contributed by atoms with Crippen molar-refractivity contribution in [3.63, 3.8) is 0 Å². The Morgan fingerprint density at radius 3 is 2.81 bits per heavy atom. The molecule has 32 heavy (non-hydrogen) atoms. The van der Waals surface area contributed by atoms with E-state index in [-0.39, 0.29) is 42.0 Å². The fourth-order valence-corrected chi connectivity index (χ4v) is 4.47. The number of nitrogens with two attached hydrogens (primary N) is 1. The highest BCUT2D eigenvalue weighted by molar-refractivity contribution is 7.89. The lowest BCUT2D eigenvalue weighted by molar-refractivity contribution is -0.0102. The average molecular weight is 467 g/mol. The molecule has 1 aromatic carbocycles. The van der Waals surface area contributed by atoms with Crippen LogP contribution < -0.4 is 15.4 Å². The molecule has 1 amide bonds. The maximum atomic E-state index is 13.9. The number of carbonyl (C=O) groups excluding carboxylic acids is 1. The molecule has 8 nitrogen and oxygen atoms in total. The topological polar surface area (TPSA) is 115 Å². The number of primary sulfonamides is 1. The molecule has 4 rings (SSSR count). The quantitative estimate of drug-likeness (QED) is 0.716. The van der Waals surface area contributed by atoms with Gasteiger partial charge in [-0.2, -0.15) is 0 Å². The van der Waals surface area contributed by atoms with Crippen molar-refractivity contribution < 1.29 is 26.7 Å². The maximum absolute atomic E-state index is 13.9. The van der Waals surface area contributed by atoms with Crippen molar-refractivity contribution in [3.05, 3.63) is 47.2 Å². The molecule has 0 aliphatic carbocycles. The van der Waals surface area contributed by atoms with Crippen LogP contribution in [0, 0.1) is 0 Å². The lowest BCUT2D eigenvalue weighted by Gasteiger charge is -2.27. The first kappa shape index (κ1) is 22.6. The van der Waals surface area contributed by atoms with Gasteiger partial charge in [0.1, 0.15) is 5.82 Å². The van der Waals surface area contributed by atoms with E-state index in [1.165, 1.54) is 24.3 Å². The predicted molar refractivity (Wildman–Crippen MR) is 114 cm³/mol. The number of fused-ring (bicyclic) bond motifs is 1. The monoisotopic (exact) mass is 466 g/mol. The molecule has 3 heterocycles. The Morgan fingerprint density at radius 2 is 2.03 bits per heavy atom. The molecule has 2 aliphatic heterocycles.